The molecule has 0 unspecified atom stereocenters. The van der Waals surface area contributed by atoms with Gasteiger partial charge in [0.2, 0.25) is 11.8 Å². The number of hydrogen-bond acceptors (Lipinski definition) is 5. The van der Waals surface area contributed by atoms with Gasteiger partial charge in [-0.3, -0.25) is 14.4 Å². The molecule has 34 heavy (non-hydrogen) atoms. The van der Waals surface area contributed by atoms with E-state index < -0.39 is 12.0 Å². The van der Waals surface area contributed by atoms with Crippen LogP contribution in [-0.4, -0.2) is 61.9 Å². The summed E-state index contributed by atoms with van der Waals surface area (Å²) >= 11 is 0. The molecule has 0 bridgehead atoms. The van der Waals surface area contributed by atoms with Gasteiger partial charge in [0, 0.05) is 38.0 Å². The van der Waals surface area contributed by atoms with Gasteiger partial charge in [-0.05, 0) is 88.9 Å². The molecule has 0 saturated heterocycles. The van der Waals surface area contributed by atoms with Crippen LogP contribution >= 0.6 is 0 Å². The van der Waals surface area contributed by atoms with Crippen molar-refractivity contribution in [2.75, 3.05) is 20.8 Å². The number of methoxy groups -OCH3 is 2. The SMILES string of the molecule is COC1CCC(CNC(=O)C2=C(C(=O)N[C@@H](CC(=O)O)C3CCC(OC)CC3)CCCC2)CC1. The number of aliphatic carboxylic acids is 1. The fraction of sp³-hybridized carbons (Fsp3) is 0.808. The Balaban J connectivity index is 1.61. The molecule has 0 aliphatic heterocycles. The lowest BCUT2D eigenvalue weighted by atomic mass is 9.81. The first-order valence-electron chi connectivity index (χ1n) is 13.0. The highest BCUT2D eigenvalue weighted by atomic mass is 16.5. The first-order valence-corrected chi connectivity index (χ1v) is 13.0. The third-order valence-corrected chi connectivity index (χ3v) is 8.03. The Morgan fingerprint density at radius 3 is 1.91 bits per heavy atom. The zero-order valence-electron chi connectivity index (χ0n) is 20.8. The number of carboxylic acids is 1. The van der Waals surface area contributed by atoms with Crippen molar-refractivity contribution < 1.29 is 29.0 Å². The Kier molecular flexibility index (Phi) is 10.4. The van der Waals surface area contributed by atoms with E-state index in [9.17, 15) is 19.5 Å². The van der Waals surface area contributed by atoms with E-state index in [-0.39, 0.29) is 30.3 Å². The van der Waals surface area contributed by atoms with E-state index in [1.165, 1.54) is 0 Å². The number of rotatable bonds is 10. The predicted octanol–water partition coefficient (Wildman–Crippen LogP) is 3.34. The van der Waals surface area contributed by atoms with E-state index in [1.54, 1.807) is 14.2 Å². The van der Waals surface area contributed by atoms with Crippen molar-refractivity contribution >= 4 is 17.8 Å². The molecular weight excluding hydrogens is 436 g/mol. The summed E-state index contributed by atoms with van der Waals surface area (Å²) in [6, 6.07) is -0.433. The maximum Gasteiger partial charge on any atom is 0.305 e. The van der Waals surface area contributed by atoms with Gasteiger partial charge < -0.3 is 25.2 Å². The Labute approximate surface area is 203 Å². The average Bonchev–Trinajstić information content (AvgIpc) is 2.87. The number of ether oxygens (including phenoxy) is 2. The summed E-state index contributed by atoms with van der Waals surface area (Å²) in [4.78, 5) is 37.8. The molecule has 2 amide bonds. The topological polar surface area (TPSA) is 114 Å². The maximum atomic E-state index is 13.3. The van der Waals surface area contributed by atoms with E-state index in [1.807, 2.05) is 0 Å². The minimum Gasteiger partial charge on any atom is -0.481 e. The number of carbonyl (C=O) groups excluding carboxylic acids is 2. The normalized spacial score (nSPS) is 28.8. The quantitative estimate of drug-likeness (QED) is 0.444. The average molecular weight is 479 g/mol. The number of carbonyl (C=O) groups is 3. The van der Waals surface area contributed by atoms with Crippen molar-refractivity contribution in [3.8, 4) is 0 Å². The molecule has 0 spiro atoms. The van der Waals surface area contributed by atoms with Crippen molar-refractivity contribution in [3.63, 3.8) is 0 Å². The minimum absolute atomic E-state index is 0.104. The molecule has 8 nitrogen and oxygen atoms in total. The van der Waals surface area contributed by atoms with Gasteiger partial charge in [-0.2, -0.15) is 0 Å². The van der Waals surface area contributed by atoms with Crippen molar-refractivity contribution in [1.29, 1.82) is 0 Å². The molecular formula is C26H42N2O6. The highest BCUT2D eigenvalue weighted by molar-refractivity contribution is 6.05. The standard InChI is InChI=1S/C26H42N2O6/c1-33-19-11-7-17(8-12-19)16-27-25(31)21-5-3-4-6-22(21)26(32)28-23(15-24(29)30)18-9-13-20(34-2)14-10-18/h17-20,23H,3-16H2,1-2H3,(H,27,31)(H,28,32)(H,29,30)/t17?,18?,19?,20?,23-/m0/s1. The summed E-state index contributed by atoms with van der Waals surface area (Å²) in [5.74, 6) is -0.785. The molecule has 0 aromatic carbocycles. The fourth-order valence-corrected chi connectivity index (χ4v) is 5.83. The van der Waals surface area contributed by atoms with Gasteiger partial charge in [-0.1, -0.05) is 0 Å². The maximum absolute atomic E-state index is 13.3. The highest BCUT2D eigenvalue weighted by Crippen LogP contribution is 2.31. The second kappa shape index (κ2) is 13.2. The monoisotopic (exact) mass is 478 g/mol. The summed E-state index contributed by atoms with van der Waals surface area (Å²) < 4.78 is 10.9. The van der Waals surface area contributed by atoms with Crippen LogP contribution in [0, 0.1) is 11.8 Å². The molecule has 3 aliphatic carbocycles. The summed E-state index contributed by atoms with van der Waals surface area (Å²) in [7, 11) is 3.45. The van der Waals surface area contributed by atoms with Crippen LogP contribution in [0.25, 0.3) is 0 Å². The molecule has 0 heterocycles. The predicted molar refractivity (Wildman–Crippen MR) is 128 cm³/mol. The minimum atomic E-state index is -0.919. The van der Waals surface area contributed by atoms with Crippen molar-refractivity contribution in [1.82, 2.24) is 10.6 Å². The summed E-state index contributed by atoms with van der Waals surface area (Å²) in [5.41, 5.74) is 1.11. The molecule has 3 rings (SSSR count). The number of amides is 2. The molecule has 3 aliphatic rings. The van der Waals surface area contributed by atoms with Crippen LogP contribution in [0.5, 0.6) is 0 Å². The molecule has 2 saturated carbocycles. The van der Waals surface area contributed by atoms with Crippen LogP contribution in [0.4, 0.5) is 0 Å². The molecule has 192 valence electrons. The van der Waals surface area contributed by atoms with Crippen LogP contribution in [0.15, 0.2) is 11.1 Å². The zero-order chi connectivity index (χ0) is 24.5. The molecule has 0 aromatic heterocycles. The number of hydrogen-bond donors (Lipinski definition) is 3. The zero-order valence-corrected chi connectivity index (χ0v) is 20.8. The Bertz CT molecular complexity index is 736. The third kappa shape index (κ3) is 7.54. The fourth-order valence-electron chi connectivity index (χ4n) is 5.83. The Morgan fingerprint density at radius 2 is 1.38 bits per heavy atom. The first kappa shape index (κ1) is 26.7. The van der Waals surface area contributed by atoms with Gasteiger partial charge in [0.05, 0.1) is 18.6 Å². The largest absolute Gasteiger partial charge is 0.481 e. The van der Waals surface area contributed by atoms with Crippen molar-refractivity contribution in [2.45, 2.75) is 102 Å². The first-order chi connectivity index (χ1) is 16.4. The second-order valence-electron chi connectivity index (χ2n) is 10.2. The molecule has 8 heteroatoms. The van der Waals surface area contributed by atoms with E-state index >= 15 is 0 Å². The van der Waals surface area contributed by atoms with Crippen LogP contribution in [0.1, 0.15) is 83.5 Å². The summed E-state index contributed by atoms with van der Waals surface area (Å²) in [6.45, 7) is 0.623. The van der Waals surface area contributed by atoms with Gasteiger partial charge in [-0.15, -0.1) is 0 Å². The van der Waals surface area contributed by atoms with Gasteiger partial charge >= 0.3 is 5.97 Å². The lowest BCUT2D eigenvalue weighted by Crippen LogP contribution is -2.45. The number of carboxylic acid groups (broad SMARTS) is 1. The Hall–Kier alpha value is -1.93. The molecule has 2 fully saturated rings. The van der Waals surface area contributed by atoms with Crippen LogP contribution < -0.4 is 10.6 Å². The lowest BCUT2D eigenvalue weighted by molar-refractivity contribution is -0.138. The van der Waals surface area contributed by atoms with Gasteiger partial charge in [0.1, 0.15) is 0 Å². The third-order valence-electron chi connectivity index (χ3n) is 8.03. The van der Waals surface area contributed by atoms with Gasteiger partial charge in [0.15, 0.2) is 0 Å². The van der Waals surface area contributed by atoms with E-state index in [4.69, 9.17) is 9.47 Å². The van der Waals surface area contributed by atoms with E-state index in [0.29, 0.717) is 42.6 Å². The van der Waals surface area contributed by atoms with Crippen LogP contribution in [0.3, 0.4) is 0 Å². The highest BCUT2D eigenvalue weighted by Gasteiger charge is 2.32. The van der Waals surface area contributed by atoms with E-state index in [2.05, 4.69) is 10.6 Å². The number of nitrogens with one attached hydrogen (secondary N) is 2. The second-order valence-corrected chi connectivity index (χ2v) is 10.2. The van der Waals surface area contributed by atoms with Crippen molar-refractivity contribution in [3.05, 3.63) is 11.1 Å². The van der Waals surface area contributed by atoms with Gasteiger partial charge in [0.25, 0.3) is 0 Å². The van der Waals surface area contributed by atoms with E-state index in [0.717, 1.165) is 64.2 Å². The van der Waals surface area contributed by atoms with Crippen LogP contribution in [-0.2, 0) is 23.9 Å². The smallest absolute Gasteiger partial charge is 0.305 e. The molecule has 0 aromatic rings. The summed E-state index contributed by atoms with van der Waals surface area (Å²) in [6.07, 6.45) is 10.8. The molecule has 3 N–H and O–H groups in total. The van der Waals surface area contributed by atoms with Crippen molar-refractivity contribution in [2.24, 2.45) is 11.8 Å². The molecule has 0 radical (unpaired) electrons. The summed E-state index contributed by atoms with van der Waals surface area (Å²) in [5, 5.41) is 15.5. The Morgan fingerprint density at radius 1 is 0.853 bits per heavy atom. The molecule has 1 atom stereocenters. The van der Waals surface area contributed by atoms with Gasteiger partial charge in [-0.25, -0.2) is 0 Å². The van der Waals surface area contributed by atoms with Crippen LogP contribution in [0.2, 0.25) is 0 Å². The lowest BCUT2D eigenvalue weighted by Gasteiger charge is -2.33.